The minimum absolute atomic E-state index is 0.122. The van der Waals surface area contributed by atoms with Gasteiger partial charge >= 0.3 is 0 Å². The number of hydrogen-bond donors (Lipinski definition) is 0. The molecule has 0 N–H and O–H groups in total. The minimum Gasteiger partial charge on any atom is -0.465 e. The van der Waals surface area contributed by atoms with Gasteiger partial charge in [-0.2, -0.15) is 0 Å². The lowest BCUT2D eigenvalue weighted by atomic mass is 9.87. The quantitative estimate of drug-likeness (QED) is 0.829. The Morgan fingerprint density at radius 1 is 1.05 bits per heavy atom. The summed E-state index contributed by atoms with van der Waals surface area (Å²) in [6, 6.07) is 18.9. The highest BCUT2D eigenvalue weighted by molar-refractivity contribution is 5.39. The molecule has 0 spiro atoms. The summed E-state index contributed by atoms with van der Waals surface area (Å²) in [5.41, 5.74) is 2.66. The smallest absolute Gasteiger partial charge is 0.200 e. The first-order chi connectivity index (χ1) is 9.86. The van der Waals surface area contributed by atoms with Gasteiger partial charge in [-0.25, -0.2) is 0 Å². The van der Waals surface area contributed by atoms with Crippen molar-refractivity contribution in [2.75, 3.05) is 6.61 Å². The second kappa shape index (κ2) is 6.10. The third-order valence-electron chi connectivity index (χ3n) is 3.77. The molecule has 0 saturated heterocycles. The van der Waals surface area contributed by atoms with Gasteiger partial charge in [0.2, 0.25) is 0 Å². The van der Waals surface area contributed by atoms with E-state index in [0.29, 0.717) is 12.5 Å². The molecule has 3 rings (SSSR count). The van der Waals surface area contributed by atoms with Crippen LogP contribution in [0.5, 0.6) is 5.75 Å². The molecule has 1 aliphatic heterocycles. The Kier molecular flexibility index (Phi) is 4.03. The Bertz CT molecular complexity index is 550. The van der Waals surface area contributed by atoms with E-state index in [1.54, 1.807) is 0 Å². The topological polar surface area (TPSA) is 18.5 Å². The maximum atomic E-state index is 5.92. The van der Waals surface area contributed by atoms with Gasteiger partial charge in [0.15, 0.2) is 6.29 Å². The van der Waals surface area contributed by atoms with Crippen molar-refractivity contribution in [2.24, 2.45) is 0 Å². The fourth-order valence-electron chi connectivity index (χ4n) is 2.85. The molecule has 0 amide bonds. The summed E-state index contributed by atoms with van der Waals surface area (Å²) in [6.07, 6.45) is 1.83. The summed E-state index contributed by atoms with van der Waals surface area (Å²) >= 11 is 0. The molecule has 2 heteroatoms. The lowest BCUT2D eigenvalue weighted by Gasteiger charge is -2.32. The van der Waals surface area contributed by atoms with Crippen LogP contribution in [0.2, 0.25) is 0 Å². The second-order valence-electron chi connectivity index (χ2n) is 5.16. The zero-order valence-corrected chi connectivity index (χ0v) is 11.8. The molecule has 2 aromatic carbocycles. The Morgan fingerprint density at radius 2 is 1.80 bits per heavy atom. The lowest BCUT2D eigenvalue weighted by molar-refractivity contribution is -0.0916. The Hall–Kier alpha value is -1.80. The van der Waals surface area contributed by atoms with Gasteiger partial charge in [0.25, 0.3) is 0 Å². The van der Waals surface area contributed by atoms with E-state index < -0.39 is 0 Å². The first-order valence-electron chi connectivity index (χ1n) is 7.28. The SMILES string of the molecule is CCO[C@H]1C[C@@H](Cc2ccccc2)c2ccccc2O1. The van der Waals surface area contributed by atoms with E-state index in [0.717, 1.165) is 18.6 Å². The predicted octanol–water partition coefficient (Wildman–Crippen LogP) is 4.16. The van der Waals surface area contributed by atoms with Crippen LogP contribution in [0, 0.1) is 0 Å². The molecule has 0 unspecified atom stereocenters. The Morgan fingerprint density at radius 3 is 2.60 bits per heavy atom. The van der Waals surface area contributed by atoms with Crippen molar-refractivity contribution in [1.82, 2.24) is 0 Å². The second-order valence-corrected chi connectivity index (χ2v) is 5.16. The number of fused-ring (bicyclic) bond motifs is 1. The number of para-hydroxylation sites is 1. The molecular weight excluding hydrogens is 248 g/mol. The van der Waals surface area contributed by atoms with Crippen molar-refractivity contribution in [3.05, 3.63) is 65.7 Å². The molecule has 2 aromatic rings. The average molecular weight is 268 g/mol. The van der Waals surface area contributed by atoms with Crippen LogP contribution in [-0.2, 0) is 11.2 Å². The third kappa shape index (κ3) is 2.86. The van der Waals surface area contributed by atoms with Gasteiger partial charge in [-0.3, -0.25) is 0 Å². The van der Waals surface area contributed by atoms with Gasteiger partial charge in [0.05, 0.1) is 0 Å². The van der Waals surface area contributed by atoms with Crippen molar-refractivity contribution >= 4 is 0 Å². The van der Waals surface area contributed by atoms with Crippen molar-refractivity contribution in [3.8, 4) is 5.75 Å². The average Bonchev–Trinajstić information content (AvgIpc) is 2.49. The van der Waals surface area contributed by atoms with Gasteiger partial charge < -0.3 is 9.47 Å². The van der Waals surface area contributed by atoms with Crippen molar-refractivity contribution in [3.63, 3.8) is 0 Å². The molecule has 104 valence electrons. The molecule has 0 fully saturated rings. The highest BCUT2D eigenvalue weighted by Crippen LogP contribution is 2.38. The molecule has 1 heterocycles. The van der Waals surface area contributed by atoms with Crippen LogP contribution < -0.4 is 4.74 Å². The summed E-state index contributed by atoms with van der Waals surface area (Å²) in [4.78, 5) is 0. The van der Waals surface area contributed by atoms with Gasteiger partial charge in [-0.1, -0.05) is 48.5 Å². The Balaban J connectivity index is 1.85. The van der Waals surface area contributed by atoms with Crippen molar-refractivity contribution in [2.45, 2.75) is 32.0 Å². The summed E-state index contributed by atoms with van der Waals surface area (Å²) in [7, 11) is 0. The first-order valence-corrected chi connectivity index (χ1v) is 7.28. The maximum Gasteiger partial charge on any atom is 0.200 e. The van der Waals surface area contributed by atoms with Crippen LogP contribution in [0.1, 0.15) is 30.4 Å². The Labute approximate surface area is 120 Å². The molecule has 2 atom stereocenters. The molecule has 0 saturated carbocycles. The monoisotopic (exact) mass is 268 g/mol. The lowest BCUT2D eigenvalue weighted by Crippen LogP contribution is -2.29. The molecule has 0 aliphatic carbocycles. The normalized spacial score (nSPS) is 21.1. The van der Waals surface area contributed by atoms with Crippen LogP contribution in [-0.4, -0.2) is 12.9 Å². The molecule has 20 heavy (non-hydrogen) atoms. The minimum atomic E-state index is -0.122. The highest BCUT2D eigenvalue weighted by atomic mass is 16.7. The van der Waals surface area contributed by atoms with Gasteiger partial charge in [-0.05, 0) is 36.5 Å². The molecule has 2 nitrogen and oxygen atoms in total. The summed E-state index contributed by atoms with van der Waals surface area (Å²) in [5, 5.41) is 0. The van der Waals surface area contributed by atoms with E-state index in [1.165, 1.54) is 11.1 Å². The predicted molar refractivity (Wildman–Crippen MR) is 80.0 cm³/mol. The fourth-order valence-corrected chi connectivity index (χ4v) is 2.85. The van der Waals surface area contributed by atoms with E-state index in [1.807, 2.05) is 19.1 Å². The number of hydrogen-bond acceptors (Lipinski definition) is 2. The van der Waals surface area contributed by atoms with E-state index in [4.69, 9.17) is 9.47 Å². The van der Waals surface area contributed by atoms with Crippen molar-refractivity contribution in [1.29, 1.82) is 0 Å². The van der Waals surface area contributed by atoms with Crippen LogP contribution in [0.25, 0.3) is 0 Å². The molecule has 1 aliphatic rings. The van der Waals surface area contributed by atoms with E-state index in [-0.39, 0.29) is 6.29 Å². The van der Waals surface area contributed by atoms with Gasteiger partial charge in [0.1, 0.15) is 5.75 Å². The zero-order chi connectivity index (χ0) is 13.8. The fraction of sp³-hybridized carbons (Fsp3) is 0.333. The third-order valence-corrected chi connectivity index (χ3v) is 3.77. The van der Waals surface area contributed by atoms with Crippen molar-refractivity contribution < 1.29 is 9.47 Å². The largest absolute Gasteiger partial charge is 0.465 e. The summed E-state index contributed by atoms with van der Waals surface area (Å²) in [5.74, 6) is 1.43. The van der Waals surface area contributed by atoms with Crippen LogP contribution in [0.4, 0.5) is 0 Å². The molecule has 0 radical (unpaired) electrons. The first kappa shape index (κ1) is 13.2. The summed E-state index contributed by atoms with van der Waals surface area (Å²) in [6.45, 7) is 2.70. The number of ether oxygens (including phenoxy) is 2. The molecular formula is C18H20O2. The van der Waals surface area contributed by atoms with E-state index >= 15 is 0 Å². The van der Waals surface area contributed by atoms with E-state index in [9.17, 15) is 0 Å². The standard InChI is InChI=1S/C18H20O2/c1-2-19-18-13-15(12-14-8-4-3-5-9-14)16-10-6-7-11-17(16)20-18/h3-11,15,18H,2,12-13H2,1H3/t15-,18-/m1/s1. The van der Waals surface area contributed by atoms with E-state index in [2.05, 4.69) is 42.5 Å². The zero-order valence-electron chi connectivity index (χ0n) is 11.8. The molecule has 0 aromatic heterocycles. The van der Waals surface area contributed by atoms with Crippen LogP contribution in [0.15, 0.2) is 54.6 Å². The van der Waals surface area contributed by atoms with Crippen LogP contribution in [0.3, 0.4) is 0 Å². The highest BCUT2D eigenvalue weighted by Gasteiger charge is 2.28. The van der Waals surface area contributed by atoms with Gasteiger partial charge in [0, 0.05) is 13.0 Å². The van der Waals surface area contributed by atoms with Crippen LogP contribution >= 0.6 is 0 Å². The number of benzene rings is 2. The number of rotatable bonds is 4. The molecule has 0 bridgehead atoms. The summed E-state index contributed by atoms with van der Waals surface area (Å²) < 4.78 is 11.6. The maximum absolute atomic E-state index is 5.92. The van der Waals surface area contributed by atoms with Gasteiger partial charge in [-0.15, -0.1) is 0 Å².